The largest absolute Gasteiger partial charge is 0.495 e. The predicted molar refractivity (Wildman–Crippen MR) is 89.9 cm³/mol. The van der Waals surface area contributed by atoms with Gasteiger partial charge < -0.3 is 15.0 Å². The van der Waals surface area contributed by atoms with Gasteiger partial charge in [0.05, 0.1) is 12.8 Å². The molecule has 23 heavy (non-hydrogen) atoms. The van der Waals surface area contributed by atoms with Gasteiger partial charge in [0.15, 0.2) is 0 Å². The van der Waals surface area contributed by atoms with Gasteiger partial charge in [0, 0.05) is 18.3 Å². The molecule has 0 aromatic heterocycles. The minimum Gasteiger partial charge on any atom is -0.495 e. The lowest BCUT2D eigenvalue weighted by atomic mass is 9.98. The first kappa shape index (κ1) is 16.9. The lowest BCUT2D eigenvalue weighted by Gasteiger charge is -2.38. The molecule has 1 aromatic carbocycles. The number of para-hydroxylation sites is 2. The summed E-state index contributed by atoms with van der Waals surface area (Å²) < 4.78 is 5.22. The molecule has 2 unspecified atom stereocenters. The Bertz CT molecular complexity index is 623. The van der Waals surface area contributed by atoms with Crippen LogP contribution >= 0.6 is 0 Å². The number of nitrogens with zero attached hydrogens (tertiary/aromatic N) is 2. The van der Waals surface area contributed by atoms with Crippen LogP contribution in [0.25, 0.3) is 0 Å². The second-order valence-corrected chi connectivity index (χ2v) is 5.89. The third kappa shape index (κ3) is 4.04. The zero-order valence-corrected chi connectivity index (χ0v) is 13.9. The van der Waals surface area contributed by atoms with Gasteiger partial charge in [-0.1, -0.05) is 12.1 Å². The molecule has 1 heterocycles. The number of amides is 1. The minimum atomic E-state index is -0.415. The second-order valence-electron chi connectivity index (χ2n) is 5.89. The summed E-state index contributed by atoms with van der Waals surface area (Å²) in [5.74, 6) is 0.153. The molecule has 1 aromatic rings. The molecule has 5 heteroatoms. The van der Waals surface area contributed by atoms with Crippen LogP contribution in [0.5, 0.6) is 5.75 Å². The molecule has 5 nitrogen and oxygen atoms in total. The van der Waals surface area contributed by atoms with Gasteiger partial charge in [-0.3, -0.25) is 4.79 Å². The minimum absolute atomic E-state index is 0.108. The molecular weight excluding hydrogens is 290 g/mol. The van der Waals surface area contributed by atoms with Crippen molar-refractivity contribution in [3.05, 3.63) is 36.0 Å². The van der Waals surface area contributed by atoms with E-state index in [1.165, 1.54) is 6.42 Å². The maximum atomic E-state index is 12.4. The highest BCUT2D eigenvalue weighted by Crippen LogP contribution is 2.25. The molecule has 1 fully saturated rings. The van der Waals surface area contributed by atoms with E-state index in [1.807, 2.05) is 18.2 Å². The number of carbonyl (C=O) groups is 1. The van der Waals surface area contributed by atoms with Crippen LogP contribution in [0.15, 0.2) is 36.0 Å². The molecule has 1 amide bonds. The summed E-state index contributed by atoms with van der Waals surface area (Å²) in [6.07, 6.45) is 5.03. The Hall–Kier alpha value is -2.48. The number of anilines is 1. The number of benzene rings is 1. The standard InChI is InChI=1S/C18H23N3O2/c1-13-7-6-8-14(2)21(13)12-15(11-19)18(22)20-16-9-4-5-10-17(16)23-3/h4-5,9-10,12-14H,6-8H2,1-3H3,(H,20,22)/b15-12-. The van der Waals surface area contributed by atoms with Crippen molar-refractivity contribution in [3.8, 4) is 11.8 Å². The molecule has 0 spiro atoms. The predicted octanol–water partition coefficient (Wildman–Crippen LogP) is 3.30. The van der Waals surface area contributed by atoms with Gasteiger partial charge >= 0.3 is 0 Å². The first-order valence-corrected chi connectivity index (χ1v) is 7.90. The van der Waals surface area contributed by atoms with Crippen molar-refractivity contribution in [2.45, 2.75) is 45.2 Å². The fourth-order valence-electron chi connectivity index (χ4n) is 2.92. The average Bonchev–Trinajstić information content (AvgIpc) is 2.55. The molecule has 2 atom stereocenters. The second kappa shape index (κ2) is 7.68. The summed E-state index contributed by atoms with van der Waals surface area (Å²) >= 11 is 0. The van der Waals surface area contributed by atoms with Crippen molar-refractivity contribution in [1.29, 1.82) is 5.26 Å². The molecule has 2 rings (SSSR count). The normalized spacial score (nSPS) is 21.5. The van der Waals surface area contributed by atoms with Gasteiger partial charge in [0.25, 0.3) is 5.91 Å². The van der Waals surface area contributed by atoms with Gasteiger partial charge in [-0.05, 0) is 45.2 Å². The van der Waals surface area contributed by atoms with Gasteiger partial charge in [-0.2, -0.15) is 5.26 Å². The monoisotopic (exact) mass is 313 g/mol. The van der Waals surface area contributed by atoms with Crippen LogP contribution < -0.4 is 10.1 Å². The highest BCUT2D eigenvalue weighted by molar-refractivity contribution is 6.07. The van der Waals surface area contributed by atoms with Crippen LogP contribution in [-0.2, 0) is 4.79 Å². The quantitative estimate of drug-likeness (QED) is 0.684. The Morgan fingerprint density at radius 3 is 2.61 bits per heavy atom. The highest BCUT2D eigenvalue weighted by Gasteiger charge is 2.24. The van der Waals surface area contributed by atoms with Crippen LogP contribution in [0, 0.1) is 11.3 Å². The van der Waals surface area contributed by atoms with Crippen LogP contribution in [0.4, 0.5) is 5.69 Å². The Balaban J connectivity index is 2.18. The smallest absolute Gasteiger partial charge is 0.267 e. The van der Waals surface area contributed by atoms with Crippen LogP contribution in [0.2, 0.25) is 0 Å². The SMILES string of the molecule is COc1ccccc1NC(=O)/C(C#N)=C\N1C(C)CCCC1C. The molecule has 1 N–H and O–H groups in total. The van der Waals surface area contributed by atoms with E-state index >= 15 is 0 Å². The van der Waals surface area contributed by atoms with Crippen molar-refractivity contribution < 1.29 is 9.53 Å². The van der Waals surface area contributed by atoms with E-state index in [0.29, 0.717) is 23.5 Å². The molecule has 0 aliphatic carbocycles. The van der Waals surface area contributed by atoms with Crippen LogP contribution in [0.3, 0.4) is 0 Å². The van der Waals surface area contributed by atoms with E-state index in [-0.39, 0.29) is 5.57 Å². The van der Waals surface area contributed by atoms with E-state index in [2.05, 4.69) is 24.1 Å². The van der Waals surface area contributed by atoms with Gasteiger partial charge in [-0.15, -0.1) is 0 Å². The number of hydrogen-bond acceptors (Lipinski definition) is 4. The summed E-state index contributed by atoms with van der Waals surface area (Å²) in [5, 5.41) is 12.1. The zero-order chi connectivity index (χ0) is 16.8. The number of likely N-dealkylation sites (tertiary alicyclic amines) is 1. The van der Waals surface area contributed by atoms with Gasteiger partial charge in [0.1, 0.15) is 17.4 Å². The average molecular weight is 313 g/mol. The van der Waals surface area contributed by atoms with Crippen molar-refractivity contribution in [2.24, 2.45) is 0 Å². The van der Waals surface area contributed by atoms with E-state index in [0.717, 1.165) is 12.8 Å². The van der Waals surface area contributed by atoms with E-state index in [4.69, 9.17) is 4.74 Å². The first-order valence-electron chi connectivity index (χ1n) is 7.90. The van der Waals surface area contributed by atoms with Crippen molar-refractivity contribution >= 4 is 11.6 Å². The maximum absolute atomic E-state index is 12.4. The zero-order valence-electron chi connectivity index (χ0n) is 13.9. The molecular formula is C18H23N3O2. The van der Waals surface area contributed by atoms with Gasteiger partial charge in [-0.25, -0.2) is 0 Å². The van der Waals surface area contributed by atoms with E-state index in [9.17, 15) is 10.1 Å². The highest BCUT2D eigenvalue weighted by atomic mass is 16.5. The number of nitriles is 1. The Kier molecular flexibility index (Phi) is 5.64. The third-order valence-electron chi connectivity index (χ3n) is 4.26. The van der Waals surface area contributed by atoms with Crippen molar-refractivity contribution in [1.82, 2.24) is 4.90 Å². The lowest BCUT2D eigenvalue weighted by molar-refractivity contribution is -0.112. The van der Waals surface area contributed by atoms with Crippen LogP contribution in [0.1, 0.15) is 33.1 Å². The van der Waals surface area contributed by atoms with Crippen molar-refractivity contribution in [2.75, 3.05) is 12.4 Å². The molecule has 1 aliphatic heterocycles. The Labute approximate surface area is 137 Å². The molecule has 0 saturated carbocycles. The van der Waals surface area contributed by atoms with Crippen LogP contribution in [-0.4, -0.2) is 30.0 Å². The number of ether oxygens (including phenoxy) is 1. The van der Waals surface area contributed by atoms with Gasteiger partial charge in [0.2, 0.25) is 0 Å². The fourth-order valence-corrected chi connectivity index (χ4v) is 2.92. The summed E-state index contributed by atoms with van der Waals surface area (Å²) in [6, 6.07) is 9.83. The summed E-state index contributed by atoms with van der Waals surface area (Å²) in [4.78, 5) is 14.5. The number of piperidine rings is 1. The molecule has 1 saturated heterocycles. The summed E-state index contributed by atoms with van der Waals surface area (Å²) in [5.41, 5.74) is 0.664. The number of nitrogens with one attached hydrogen (secondary N) is 1. The summed E-state index contributed by atoms with van der Waals surface area (Å²) in [6.45, 7) is 4.25. The van der Waals surface area contributed by atoms with E-state index < -0.39 is 5.91 Å². The first-order chi connectivity index (χ1) is 11.1. The third-order valence-corrected chi connectivity index (χ3v) is 4.26. The Morgan fingerprint density at radius 1 is 1.35 bits per heavy atom. The fraction of sp³-hybridized carbons (Fsp3) is 0.444. The van der Waals surface area contributed by atoms with Crippen molar-refractivity contribution in [3.63, 3.8) is 0 Å². The number of rotatable bonds is 4. The number of carbonyl (C=O) groups excluding carboxylic acids is 1. The lowest BCUT2D eigenvalue weighted by Crippen LogP contribution is -2.40. The number of methoxy groups -OCH3 is 1. The molecule has 1 aliphatic rings. The summed E-state index contributed by atoms with van der Waals surface area (Å²) in [7, 11) is 1.54. The Morgan fingerprint density at radius 2 is 2.00 bits per heavy atom. The van der Waals surface area contributed by atoms with E-state index in [1.54, 1.807) is 25.4 Å². The molecule has 122 valence electrons. The topological polar surface area (TPSA) is 65.4 Å². The molecule has 0 radical (unpaired) electrons. The molecule has 0 bridgehead atoms. The number of hydrogen-bond donors (Lipinski definition) is 1. The maximum Gasteiger partial charge on any atom is 0.267 e.